The number of nitriles is 1. The highest BCUT2D eigenvalue weighted by Gasteiger charge is 2.04. The van der Waals surface area contributed by atoms with Crippen molar-refractivity contribution >= 4 is 34.6 Å². The molecular weight excluding hydrogens is 283 g/mol. The first-order chi connectivity index (χ1) is 9.13. The third-order valence-corrected chi connectivity index (χ3v) is 3.14. The highest BCUT2D eigenvalue weighted by Crippen LogP contribution is 2.29. The quantitative estimate of drug-likeness (QED) is 0.898. The number of nitrogens with zero attached hydrogens (tertiary/aromatic N) is 1. The Morgan fingerprint density at radius 3 is 2.21 bits per heavy atom. The van der Waals surface area contributed by atoms with E-state index in [-0.39, 0.29) is 0 Å². The molecule has 96 valence electrons. The second-order valence-corrected chi connectivity index (χ2v) is 4.60. The van der Waals surface area contributed by atoms with E-state index in [9.17, 15) is 0 Å². The van der Waals surface area contributed by atoms with Crippen molar-refractivity contribution in [3.63, 3.8) is 0 Å². The van der Waals surface area contributed by atoms with Crippen LogP contribution in [0.3, 0.4) is 0 Å². The van der Waals surface area contributed by atoms with Crippen LogP contribution in [0.5, 0.6) is 5.75 Å². The Kier molecular flexibility index (Phi) is 4.16. The molecule has 0 unspecified atom stereocenters. The van der Waals surface area contributed by atoms with E-state index in [1.165, 1.54) is 0 Å². The fraction of sp³-hybridized carbons (Fsp3) is 0.0714. The summed E-state index contributed by atoms with van der Waals surface area (Å²) in [5.41, 5.74) is 2.04. The van der Waals surface area contributed by atoms with Gasteiger partial charge in [0.25, 0.3) is 0 Å². The molecule has 0 aliphatic heterocycles. The van der Waals surface area contributed by atoms with Gasteiger partial charge in [-0.2, -0.15) is 5.26 Å². The Bertz CT molecular complexity index is 650. The molecule has 0 saturated carbocycles. The van der Waals surface area contributed by atoms with Gasteiger partial charge in [-0.25, -0.2) is 0 Å². The number of rotatable bonds is 3. The van der Waals surface area contributed by atoms with Crippen molar-refractivity contribution in [3.05, 3.63) is 52.0 Å². The van der Waals surface area contributed by atoms with Gasteiger partial charge in [-0.15, -0.1) is 0 Å². The van der Waals surface area contributed by atoms with Gasteiger partial charge in [-0.3, -0.25) is 0 Å². The van der Waals surface area contributed by atoms with Crippen LogP contribution in [0.15, 0.2) is 36.4 Å². The minimum atomic E-state index is 0.409. The first-order valence-electron chi connectivity index (χ1n) is 5.44. The van der Waals surface area contributed by atoms with Crippen molar-refractivity contribution < 1.29 is 4.74 Å². The number of halogens is 2. The summed E-state index contributed by atoms with van der Waals surface area (Å²) in [6, 6.07) is 12.5. The highest BCUT2D eigenvalue weighted by molar-refractivity contribution is 6.32. The predicted molar refractivity (Wildman–Crippen MR) is 77.5 cm³/mol. The van der Waals surface area contributed by atoms with Crippen molar-refractivity contribution in [2.45, 2.75) is 0 Å². The zero-order valence-electron chi connectivity index (χ0n) is 10.1. The molecule has 2 rings (SSSR count). The number of nitrogens with one attached hydrogen (secondary N) is 1. The first-order valence-corrected chi connectivity index (χ1v) is 6.20. The van der Waals surface area contributed by atoms with Gasteiger partial charge < -0.3 is 10.1 Å². The van der Waals surface area contributed by atoms with Gasteiger partial charge in [-0.05, 0) is 36.4 Å². The van der Waals surface area contributed by atoms with Crippen LogP contribution in [0.25, 0.3) is 0 Å². The monoisotopic (exact) mass is 292 g/mol. The van der Waals surface area contributed by atoms with Gasteiger partial charge in [-0.1, -0.05) is 23.2 Å². The van der Waals surface area contributed by atoms with Crippen molar-refractivity contribution in [1.82, 2.24) is 0 Å². The molecular formula is C14H10Cl2N2O. The topological polar surface area (TPSA) is 45.0 Å². The van der Waals surface area contributed by atoms with Crippen LogP contribution in [-0.2, 0) is 0 Å². The number of hydrogen-bond donors (Lipinski definition) is 1. The van der Waals surface area contributed by atoms with Crippen LogP contribution in [-0.4, -0.2) is 7.11 Å². The Hall–Kier alpha value is -1.89. The van der Waals surface area contributed by atoms with Crippen LogP contribution >= 0.6 is 23.2 Å². The molecule has 0 radical (unpaired) electrons. The third kappa shape index (κ3) is 3.11. The lowest BCUT2D eigenvalue weighted by Gasteiger charge is -2.09. The number of anilines is 2. The number of hydrogen-bond acceptors (Lipinski definition) is 3. The van der Waals surface area contributed by atoms with Gasteiger partial charge in [0.05, 0.1) is 22.7 Å². The number of benzene rings is 2. The summed E-state index contributed by atoms with van der Waals surface area (Å²) < 4.78 is 5.08. The van der Waals surface area contributed by atoms with E-state index in [2.05, 4.69) is 5.32 Å². The molecule has 19 heavy (non-hydrogen) atoms. The summed E-state index contributed by atoms with van der Waals surface area (Å²) in [6.45, 7) is 0. The van der Waals surface area contributed by atoms with Crippen molar-refractivity contribution in [3.8, 4) is 11.8 Å². The lowest BCUT2D eigenvalue weighted by molar-refractivity contribution is 0.415. The molecule has 0 atom stereocenters. The normalized spacial score (nSPS) is 9.79. The van der Waals surface area contributed by atoms with Crippen LogP contribution in [0.4, 0.5) is 11.4 Å². The Morgan fingerprint density at radius 2 is 1.68 bits per heavy atom. The Balaban J connectivity index is 2.24. The summed E-state index contributed by atoms with van der Waals surface area (Å²) in [4.78, 5) is 0. The van der Waals surface area contributed by atoms with Gasteiger partial charge in [0.2, 0.25) is 0 Å². The standard InChI is InChI=1S/C14H10Cl2N2O/c1-19-14-5-4-11(7-13(14)16)18-10-3-2-9(8-17)12(15)6-10/h2-7,18H,1H3. The lowest BCUT2D eigenvalue weighted by Crippen LogP contribution is -1.92. The van der Waals surface area contributed by atoms with E-state index >= 15 is 0 Å². The number of methoxy groups -OCH3 is 1. The average molecular weight is 293 g/mol. The molecule has 0 saturated heterocycles. The Morgan fingerprint density at radius 1 is 1.05 bits per heavy atom. The molecule has 0 aliphatic carbocycles. The second-order valence-electron chi connectivity index (χ2n) is 3.78. The molecule has 0 heterocycles. The zero-order chi connectivity index (χ0) is 13.8. The van der Waals surface area contributed by atoms with Crippen LogP contribution in [0.1, 0.15) is 5.56 Å². The fourth-order valence-electron chi connectivity index (χ4n) is 1.59. The maximum atomic E-state index is 8.81. The van der Waals surface area contributed by atoms with Crippen LogP contribution < -0.4 is 10.1 Å². The molecule has 1 N–H and O–H groups in total. The SMILES string of the molecule is COc1ccc(Nc2ccc(C#N)c(Cl)c2)cc1Cl. The molecule has 2 aromatic rings. The molecule has 0 bridgehead atoms. The summed E-state index contributed by atoms with van der Waals surface area (Å²) in [6.07, 6.45) is 0. The fourth-order valence-corrected chi connectivity index (χ4v) is 2.07. The van der Waals surface area contributed by atoms with Gasteiger partial charge in [0.15, 0.2) is 0 Å². The van der Waals surface area contributed by atoms with E-state index in [0.717, 1.165) is 11.4 Å². The maximum Gasteiger partial charge on any atom is 0.137 e. The van der Waals surface area contributed by atoms with E-state index < -0.39 is 0 Å². The van der Waals surface area contributed by atoms with E-state index in [0.29, 0.717) is 21.4 Å². The van der Waals surface area contributed by atoms with E-state index in [4.69, 9.17) is 33.2 Å². The molecule has 3 nitrogen and oxygen atoms in total. The number of ether oxygens (including phenoxy) is 1. The van der Waals surface area contributed by atoms with Gasteiger partial charge in [0, 0.05) is 11.4 Å². The molecule has 0 amide bonds. The summed E-state index contributed by atoms with van der Waals surface area (Å²) in [5.74, 6) is 0.616. The highest BCUT2D eigenvalue weighted by atomic mass is 35.5. The summed E-state index contributed by atoms with van der Waals surface area (Å²) in [5, 5.41) is 12.9. The van der Waals surface area contributed by atoms with Crippen molar-refractivity contribution in [1.29, 1.82) is 5.26 Å². The molecule has 5 heteroatoms. The van der Waals surface area contributed by atoms with Crippen molar-refractivity contribution in [2.75, 3.05) is 12.4 Å². The smallest absolute Gasteiger partial charge is 0.137 e. The molecule has 2 aromatic carbocycles. The van der Waals surface area contributed by atoms with Crippen LogP contribution in [0.2, 0.25) is 10.0 Å². The Labute approximate surface area is 121 Å². The first kappa shape index (κ1) is 13.5. The molecule has 0 fully saturated rings. The molecule has 0 aromatic heterocycles. The van der Waals surface area contributed by atoms with E-state index in [1.807, 2.05) is 12.1 Å². The lowest BCUT2D eigenvalue weighted by atomic mass is 10.2. The average Bonchev–Trinajstić information content (AvgIpc) is 2.39. The van der Waals surface area contributed by atoms with Crippen molar-refractivity contribution in [2.24, 2.45) is 0 Å². The zero-order valence-corrected chi connectivity index (χ0v) is 11.6. The molecule has 0 spiro atoms. The largest absolute Gasteiger partial charge is 0.495 e. The van der Waals surface area contributed by atoms with Gasteiger partial charge >= 0.3 is 0 Å². The summed E-state index contributed by atoms with van der Waals surface area (Å²) >= 11 is 12.0. The van der Waals surface area contributed by atoms with E-state index in [1.54, 1.807) is 37.4 Å². The summed E-state index contributed by atoms with van der Waals surface area (Å²) in [7, 11) is 1.56. The minimum absolute atomic E-state index is 0.409. The second kappa shape index (κ2) is 5.83. The predicted octanol–water partition coefficient (Wildman–Crippen LogP) is 4.62. The van der Waals surface area contributed by atoms with Crippen LogP contribution in [0, 0.1) is 11.3 Å². The van der Waals surface area contributed by atoms with Gasteiger partial charge in [0.1, 0.15) is 11.8 Å². The molecule has 0 aliphatic rings. The third-order valence-electron chi connectivity index (χ3n) is 2.53. The minimum Gasteiger partial charge on any atom is -0.495 e. The maximum absolute atomic E-state index is 8.81.